The molecule has 0 atom stereocenters. The Balaban J connectivity index is 1.51. The fourth-order valence-corrected chi connectivity index (χ4v) is 7.37. The molecule has 1 heterocycles. The lowest BCUT2D eigenvalue weighted by Crippen LogP contribution is -2.10. The summed E-state index contributed by atoms with van der Waals surface area (Å²) >= 11 is 0. The van der Waals surface area contributed by atoms with Crippen molar-refractivity contribution in [3.63, 3.8) is 0 Å². The molecule has 0 radical (unpaired) electrons. The molecule has 0 spiro atoms. The fraction of sp³-hybridized carbons (Fsp3) is 0.174. The van der Waals surface area contributed by atoms with Crippen LogP contribution < -0.4 is 0 Å². The standard InChI is InChI=1S/C46H41N/c1-45(2,3)32-21-25-41-38(27-32)39-28-33(46(4,5)6)22-26-42(39)47(41)34-23-24-37-40(29-34)44(31-17-11-8-12-18-31)36-20-14-13-19-35(36)43(37)30-15-9-7-10-16-30/h7-29H,1-6H3. The molecule has 0 unspecified atom stereocenters. The molecule has 0 aliphatic heterocycles. The molecule has 8 rings (SSSR count). The minimum atomic E-state index is 0.0622. The summed E-state index contributed by atoms with van der Waals surface area (Å²) < 4.78 is 2.48. The summed E-state index contributed by atoms with van der Waals surface area (Å²) in [6.07, 6.45) is 0. The van der Waals surface area contributed by atoms with Crippen LogP contribution in [-0.4, -0.2) is 4.57 Å². The van der Waals surface area contributed by atoms with Crippen molar-refractivity contribution in [1.29, 1.82) is 0 Å². The Hall–Kier alpha value is -5.14. The minimum Gasteiger partial charge on any atom is -0.309 e. The average Bonchev–Trinajstić information content (AvgIpc) is 3.40. The Morgan fingerprint density at radius 3 is 1.26 bits per heavy atom. The molecule has 0 aliphatic rings. The second kappa shape index (κ2) is 10.7. The van der Waals surface area contributed by atoms with Crippen LogP contribution in [0.5, 0.6) is 0 Å². The normalized spacial score (nSPS) is 12.5. The van der Waals surface area contributed by atoms with Gasteiger partial charge in [0, 0.05) is 16.5 Å². The zero-order chi connectivity index (χ0) is 32.5. The van der Waals surface area contributed by atoms with Gasteiger partial charge in [-0.2, -0.15) is 0 Å². The number of fused-ring (bicyclic) bond motifs is 5. The van der Waals surface area contributed by atoms with Gasteiger partial charge in [-0.25, -0.2) is 0 Å². The molecule has 1 heteroatoms. The second-order valence-electron chi connectivity index (χ2n) is 15.1. The topological polar surface area (TPSA) is 4.93 Å². The highest BCUT2D eigenvalue weighted by Crippen LogP contribution is 2.45. The van der Waals surface area contributed by atoms with E-state index in [4.69, 9.17) is 0 Å². The van der Waals surface area contributed by atoms with E-state index in [0.717, 1.165) is 0 Å². The molecule has 0 saturated carbocycles. The predicted molar refractivity (Wildman–Crippen MR) is 204 cm³/mol. The lowest BCUT2D eigenvalue weighted by Gasteiger charge is -2.20. The highest BCUT2D eigenvalue weighted by molar-refractivity contribution is 6.22. The van der Waals surface area contributed by atoms with Gasteiger partial charge < -0.3 is 4.57 Å². The van der Waals surface area contributed by atoms with Crippen molar-refractivity contribution in [2.45, 2.75) is 52.4 Å². The third-order valence-corrected chi connectivity index (χ3v) is 9.89. The maximum atomic E-state index is 2.48. The van der Waals surface area contributed by atoms with Gasteiger partial charge in [-0.3, -0.25) is 0 Å². The van der Waals surface area contributed by atoms with Crippen LogP contribution in [0.4, 0.5) is 0 Å². The van der Waals surface area contributed by atoms with E-state index in [2.05, 4.69) is 186 Å². The van der Waals surface area contributed by atoms with E-state index in [9.17, 15) is 0 Å². The van der Waals surface area contributed by atoms with E-state index in [1.807, 2.05) is 0 Å². The Morgan fingerprint density at radius 1 is 0.362 bits per heavy atom. The Labute approximate surface area is 278 Å². The summed E-state index contributed by atoms with van der Waals surface area (Å²) in [5.41, 5.74) is 11.5. The second-order valence-corrected chi connectivity index (χ2v) is 15.1. The summed E-state index contributed by atoms with van der Waals surface area (Å²) in [6.45, 7) is 13.8. The van der Waals surface area contributed by atoms with E-state index in [1.54, 1.807) is 0 Å². The van der Waals surface area contributed by atoms with Gasteiger partial charge in [0.15, 0.2) is 0 Å². The predicted octanol–water partition coefficient (Wildman–Crippen LogP) is 13.0. The van der Waals surface area contributed by atoms with Crippen LogP contribution in [0.25, 0.3) is 71.3 Å². The maximum Gasteiger partial charge on any atom is 0.0541 e. The fourth-order valence-electron chi connectivity index (χ4n) is 7.37. The maximum absolute atomic E-state index is 2.48. The van der Waals surface area contributed by atoms with Crippen LogP contribution in [0.2, 0.25) is 0 Å². The van der Waals surface area contributed by atoms with Gasteiger partial charge in [0.2, 0.25) is 0 Å². The van der Waals surface area contributed by atoms with Crippen LogP contribution in [0, 0.1) is 0 Å². The summed E-state index contributed by atoms with van der Waals surface area (Å²) in [6, 6.07) is 52.0. The monoisotopic (exact) mass is 607 g/mol. The first kappa shape index (κ1) is 29.3. The number of hydrogen-bond donors (Lipinski definition) is 0. The largest absolute Gasteiger partial charge is 0.309 e. The summed E-state index contributed by atoms with van der Waals surface area (Å²) in [7, 11) is 0. The molecule has 47 heavy (non-hydrogen) atoms. The smallest absolute Gasteiger partial charge is 0.0541 e. The molecular weight excluding hydrogens is 567 g/mol. The van der Waals surface area contributed by atoms with Crippen molar-refractivity contribution >= 4 is 43.4 Å². The van der Waals surface area contributed by atoms with Gasteiger partial charge in [-0.15, -0.1) is 0 Å². The van der Waals surface area contributed by atoms with Crippen molar-refractivity contribution in [1.82, 2.24) is 4.57 Å². The molecule has 0 bridgehead atoms. The van der Waals surface area contributed by atoms with Crippen LogP contribution in [-0.2, 0) is 10.8 Å². The molecule has 230 valence electrons. The number of hydrogen-bond acceptors (Lipinski definition) is 0. The van der Waals surface area contributed by atoms with E-state index >= 15 is 0 Å². The molecule has 0 amide bonds. The molecule has 0 saturated heterocycles. The Morgan fingerprint density at radius 2 is 0.787 bits per heavy atom. The van der Waals surface area contributed by atoms with Gasteiger partial charge >= 0.3 is 0 Å². The molecule has 8 aromatic rings. The molecule has 1 aromatic heterocycles. The highest BCUT2D eigenvalue weighted by atomic mass is 15.0. The van der Waals surface area contributed by atoms with E-state index in [0.29, 0.717) is 0 Å². The number of rotatable bonds is 3. The third-order valence-electron chi connectivity index (χ3n) is 9.89. The zero-order valence-electron chi connectivity index (χ0n) is 28.2. The first-order valence-corrected chi connectivity index (χ1v) is 16.8. The quantitative estimate of drug-likeness (QED) is 0.176. The van der Waals surface area contributed by atoms with Crippen molar-refractivity contribution in [2.24, 2.45) is 0 Å². The minimum absolute atomic E-state index is 0.0622. The molecule has 1 nitrogen and oxygen atoms in total. The SMILES string of the molecule is CC(C)(C)c1ccc2c(c1)c1cc(C(C)(C)C)ccc1n2-c1ccc2c(-c3ccccc3)c3ccccc3c(-c3ccccc3)c2c1. The van der Waals surface area contributed by atoms with Crippen LogP contribution in [0.1, 0.15) is 52.7 Å². The van der Waals surface area contributed by atoms with Crippen molar-refractivity contribution in [3.8, 4) is 27.9 Å². The Kier molecular flexibility index (Phi) is 6.67. The lowest BCUT2D eigenvalue weighted by atomic mass is 9.85. The van der Waals surface area contributed by atoms with Crippen molar-refractivity contribution < 1.29 is 0 Å². The Bertz CT molecular complexity index is 2380. The molecule has 7 aromatic carbocycles. The van der Waals surface area contributed by atoms with Crippen LogP contribution in [0.3, 0.4) is 0 Å². The van der Waals surface area contributed by atoms with Gasteiger partial charge in [-0.1, -0.05) is 145 Å². The van der Waals surface area contributed by atoms with Gasteiger partial charge in [0.1, 0.15) is 0 Å². The third kappa shape index (κ3) is 4.84. The number of benzene rings is 7. The van der Waals surface area contributed by atoms with Crippen molar-refractivity contribution in [3.05, 3.63) is 151 Å². The summed E-state index contributed by atoms with van der Waals surface area (Å²) in [5.74, 6) is 0. The highest BCUT2D eigenvalue weighted by Gasteiger charge is 2.22. The molecular formula is C46H41N. The summed E-state index contributed by atoms with van der Waals surface area (Å²) in [5, 5.41) is 7.70. The van der Waals surface area contributed by atoms with Gasteiger partial charge in [-0.05, 0) is 102 Å². The van der Waals surface area contributed by atoms with Crippen LogP contribution >= 0.6 is 0 Å². The summed E-state index contributed by atoms with van der Waals surface area (Å²) in [4.78, 5) is 0. The van der Waals surface area contributed by atoms with E-state index in [-0.39, 0.29) is 10.8 Å². The van der Waals surface area contributed by atoms with E-state index in [1.165, 1.54) is 82.4 Å². The van der Waals surface area contributed by atoms with E-state index < -0.39 is 0 Å². The zero-order valence-corrected chi connectivity index (χ0v) is 28.2. The molecule has 0 N–H and O–H groups in total. The van der Waals surface area contributed by atoms with Gasteiger partial charge in [0.05, 0.1) is 11.0 Å². The molecule has 0 fully saturated rings. The first-order chi connectivity index (χ1) is 22.6. The van der Waals surface area contributed by atoms with Crippen molar-refractivity contribution in [2.75, 3.05) is 0 Å². The first-order valence-electron chi connectivity index (χ1n) is 16.8. The number of nitrogens with zero attached hydrogens (tertiary/aromatic N) is 1. The number of aromatic nitrogens is 1. The van der Waals surface area contributed by atoms with Gasteiger partial charge in [0.25, 0.3) is 0 Å². The lowest BCUT2D eigenvalue weighted by molar-refractivity contribution is 0.590. The molecule has 0 aliphatic carbocycles. The average molecular weight is 608 g/mol. The van der Waals surface area contributed by atoms with Crippen LogP contribution in [0.15, 0.2) is 140 Å².